The molecule has 102 valence electrons. The van der Waals surface area contributed by atoms with Crippen LogP contribution in [0.15, 0.2) is 34.7 Å². The Morgan fingerprint density at radius 2 is 2.16 bits per heavy atom. The molecule has 0 saturated carbocycles. The molecule has 0 spiro atoms. The highest BCUT2D eigenvalue weighted by Crippen LogP contribution is 2.27. The molecule has 1 atom stereocenters. The van der Waals surface area contributed by atoms with Crippen LogP contribution in [-0.2, 0) is 4.79 Å². The van der Waals surface area contributed by atoms with Crippen LogP contribution in [0.1, 0.15) is 25.6 Å². The normalized spacial score (nSPS) is 12.6. The van der Waals surface area contributed by atoms with E-state index in [2.05, 4.69) is 5.32 Å². The van der Waals surface area contributed by atoms with Gasteiger partial charge < -0.3 is 14.6 Å². The summed E-state index contributed by atoms with van der Waals surface area (Å²) < 4.78 is 5.83. The first-order valence-electron chi connectivity index (χ1n) is 6.60. The van der Waals surface area contributed by atoms with Crippen LogP contribution in [-0.4, -0.2) is 30.9 Å². The van der Waals surface area contributed by atoms with Gasteiger partial charge in [0.05, 0.1) is 12.6 Å². The van der Waals surface area contributed by atoms with E-state index in [1.54, 1.807) is 7.05 Å². The zero-order valence-electron chi connectivity index (χ0n) is 11.6. The number of para-hydroxylation sites is 1. The van der Waals surface area contributed by atoms with Crippen molar-refractivity contribution in [2.24, 2.45) is 0 Å². The molecule has 1 N–H and O–H groups in total. The SMILES string of the molecule is CCN(C(=O)CNC)C(C)c1cc2ccccc2o1. The van der Waals surface area contributed by atoms with E-state index in [-0.39, 0.29) is 11.9 Å². The van der Waals surface area contributed by atoms with Crippen molar-refractivity contribution < 1.29 is 9.21 Å². The number of likely N-dealkylation sites (N-methyl/N-ethyl adjacent to an activating group) is 2. The third-order valence-corrected chi connectivity index (χ3v) is 3.31. The van der Waals surface area contributed by atoms with Crippen LogP contribution >= 0.6 is 0 Å². The summed E-state index contributed by atoms with van der Waals surface area (Å²) in [6, 6.07) is 9.84. The fourth-order valence-corrected chi connectivity index (χ4v) is 2.28. The lowest BCUT2D eigenvalue weighted by atomic mass is 10.2. The molecule has 0 radical (unpaired) electrons. The Labute approximate surface area is 113 Å². The summed E-state index contributed by atoms with van der Waals surface area (Å²) in [7, 11) is 1.78. The maximum Gasteiger partial charge on any atom is 0.237 e. The second kappa shape index (κ2) is 5.89. The molecule has 1 aromatic heterocycles. The standard InChI is InChI=1S/C15H20N2O2/c1-4-17(15(18)10-16-3)11(2)14-9-12-7-5-6-8-13(12)19-14/h5-9,11,16H,4,10H2,1-3H3. The van der Waals surface area contributed by atoms with Crippen LogP contribution in [0.5, 0.6) is 0 Å². The molecule has 4 heteroatoms. The van der Waals surface area contributed by atoms with Gasteiger partial charge in [-0.05, 0) is 33.0 Å². The predicted octanol–water partition coefficient (Wildman–Crippen LogP) is 2.56. The monoisotopic (exact) mass is 260 g/mol. The molecule has 0 bridgehead atoms. The van der Waals surface area contributed by atoms with Crippen molar-refractivity contribution >= 4 is 16.9 Å². The number of nitrogens with one attached hydrogen (secondary N) is 1. The van der Waals surface area contributed by atoms with Crippen LogP contribution in [0.25, 0.3) is 11.0 Å². The Kier molecular flexibility index (Phi) is 4.22. The molecule has 0 saturated heterocycles. The number of rotatable bonds is 5. The number of amides is 1. The molecule has 1 aromatic carbocycles. The molecule has 0 aliphatic rings. The second-order valence-corrected chi connectivity index (χ2v) is 4.57. The van der Waals surface area contributed by atoms with E-state index in [4.69, 9.17) is 4.42 Å². The van der Waals surface area contributed by atoms with Crippen molar-refractivity contribution in [1.82, 2.24) is 10.2 Å². The lowest BCUT2D eigenvalue weighted by Crippen LogP contribution is -2.38. The topological polar surface area (TPSA) is 45.5 Å². The summed E-state index contributed by atoms with van der Waals surface area (Å²) in [6.45, 7) is 4.98. The number of nitrogens with zero attached hydrogens (tertiary/aromatic N) is 1. The molecule has 1 amide bonds. The quantitative estimate of drug-likeness (QED) is 0.898. The summed E-state index contributed by atoms with van der Waals surface area (Å²) in [5.74, 6) is 0.908. The highest BCUT2D eigenvalue weighted by molar-refractivity contribution is 5.80. The summed E-state index contributed by atoms with van der Waals surface area (Å²) in [4.78, 5) is 13.8. The molecular weight excluding hydrogens is 240 g/mol. The summed E-state index contributed by atoms with van der Waals surface area (Å²) in [6.07, 6.45) is 0. The third-order valence-electron chi connectivity index (χ3n) is 3.31. The minimum atomic E-state index is -0.0572. The number of benzene rings is 1. The molecule has 0 aliphatic heterocycles. The van der Waals surface area contributed by atoms with Crippen LogP contribution < -0.4 is 5.32 Å². The van der Waals surface area contributed by atoms with Gasteiger partial charge in [0.15, 0.2) is 0 Å². The van der Waals surface area contributed by atoms with Gasteiger partial charge in [0.25, 0.3) is 0 Å². The van der Waals surface area contributed by atoms with Gasteiger partial charge in [0.2, 0.25) is 5.91 Å². The van der Waals surface area contributed by atoms with Crippen LogP contribution in [0, 0.1) is 0 Å². The van der Waals surface area contributed by atoms with Crippen molar-refractivity contribution in [3.63, 3.8) is 0 Å². The highest BCUT2D eigenvalue weighted by Gasteiger charge is 2.22. The summed E-state index contributed by atoms with van der Waals surface area (Å²) in [5.41, 5.74) is 0.862. The molecular formula is C15H20N2O2. The number of fused-ring (bicyclic) bond motifs is 1. The van der Waals surface area contributed by atoms with E-state index in [1.807, 2.05) is 49.1 Å². The van der Waals surface area contributed by atoms with Crippen molar-refractivity contribution in [3.05, 3.63) is 36.1 Å². The average molecular weight is 260 g/mol. The number of carbonyl (C=O) groups excluding carboxylic acids is 1. The van der Waals surface area contributed by atoms with Gasteiger partial charge in [-0.3, -0.25) is 4.79 Å². The van der Waals surface area contributed by atoms with E-state index in [0.717, 1.165) is 16.7 Å². The third kappa shape index (κ3) is 2.79. The minimum Gasteiger partial charge on any atom is -0.459 e. The number of carbonyl (C=O) groups is 1. The van der Waals surface area contributed by atoms with Gasteiger partial charge in [-0.2, -0.15) is 0 Å². The van der Waals surface area contributed by atoms with Crippen molar-refractivity contribution in [1.29, 1.82) is 0 Å². The maximum atomic E-state index is 12.0. The Balaban J connectivity index is 2.25. The molecule has 0 fully saturated rings. The lowest BCUT2D eigenvalue weighted by molar-refractivity contribution is -0.132. The van der Waals surface area contributed by atoms with Crippen molar-refractivity contribution in [2.75, 3.05) is 20.1 Å². The first-order chi connectivity index (χ1) is 9.17. The van der Waals surface area contributed by atoms with Gasteiger partial charge in [-0.25, -0.2) is 0 Å². The molecule has 4 nitrogen and oxygen atoms in total. The molecule has 0 aliphatic carbocycles. The van der Waals surface area contributed by atoms with Gasteiger partial charge in [-0.15, -0.1) is 0 Å². The summed E-state index contributed by atoms with van der Waals surface area (Å²) in [5, 5.41) is 3.96. The van der Waals surface area contributed by atoms with Crippen LogP contribution in [0.3, 0.4) is 0 Å². The van der Waals surface area contributed by atoms with Gasteiger partial charge in [-0.1, -0.05) is 18.2 Å². The van der Waals surface area contributed by atoms with Crippen LogP contribution in [0.4, 0.5) is 0 Å². The van der Waals surface area contributed by atoms with Gasteiger partial charge in [0, 0.05) is 11.9 Å². The fraction of sp³-hybridized carbons (Fsp3) is 0.400. The first kappa shape index (κ1) is 13.6. The van der Waals surface area contributed by atoms with Crippen molar-refractivity contribution in [3.8, 4) is 0 Å². The number of furan rings is 1. The minimum absolute atomic E-state index is 0.0572. The van der Waals surface area contributed by atoms with E-state index in [9.17, 15) is 4.79 Å². The number of hydrogen-bond donors (Lipinski definition) is 1. The first-order valence-corrected chi connectivity index (χ1v) is 6.60. The van der Waals surface area contributed by atoms with E-state index in [0.29, 0.717) is 13.1 Å². The molecule has 2 rings (SSSR count). The Hall–Kier alpha value is -1.81. The second-order valence-electron chi connectivity index (χ2n) is 4.57. The molecule has 19 heavy (non-hydrogen) atoms. The fourth-order valence-electron chi connectivity index (χ4n) is 2.28. The molecule has 2 aromatic rings. The Morgan fingerprint density at radius 1 is 1.42 bits per heavy atom. The lowest BCUT2D eigenvalue weighted by Gasteiger charge is -2.26. The largest absolute Gasteiger partial charge is 0.459 e. The van der Waals surface area contributed by atoms with Gasteiger partial charge in [0.1, 0.15) is 11.3 Å². The molecule has 1 unspecified atom stereocenters. The van der Waals surface area contributed by atoms with E-state index in [1.165, 1.54) is 0 Å². The maximum absolute atomic E-state index is 12.0. The Bertz CT molecular complexity index is 529. The average Bonchev–Trinajstić information content (AvgIpc) is 2.83. The Morgan fingerprint density at radius 3 is 2.79 bits per heavy atom. The summed E-state index contributed by atoms with van der Waals surface area (Å²) >= 11 is 0. The van der Waals surface area contributed by atoms with E-state index >= 15 is 0 Å². The van der Waals surface area contributed by atoms with Crippen molar-refractivity contribution in [2.45, 2.75) is 19.9 Å². The number of hydrogen-bond acceptors (Lipinski definition) is 3. The van der Waals surface area contributed by atoms with E-state index < -0.39 is 0 Å². The van der Waals surface area contributed by atoms with Gasteiger partial charge >= 0.3 is 0 Å². The van der Waals surface area contributed by atoms with Crippen LogP contribution in [0.2, 0.25) is 0 Å². The molecule has 1 heterocycles. The zero-order chi connectivity index (χ0) is 13.8. The predicted molar refractivity (Wildman–Crippen MR) is 75.9 cm³/mol. The zero-order valence-corrected chi connectivity index (χ0v) is 11.6. The highest BCUT2D eigenvalue weighted by atomic mass is 16.3. The smallest absolute Gasteiger partial charge is 0.237 e.